The first-order valence-corrected chi connectivity index (χ1v) is 7.65. The standard InChI is InChI=1S/C16H12ClN5O4/c1-25-11-4-2-3-5-12(11)26-16-14(22(23)24)15(19-9-20-16)21-13-7-6-10(17)8-18-13/h2-9H,1H3,(H,18,19,20,21). The molecule has 0 radical (unpaired) electrons. The van der Waals surface area contributed by atoms with Crippen LogP contribution >= 0.6 is 11.6 Å². The molecule has 0 bridgehead atoms. The number of nitrogens with one attached hydrogen (secondary N) is 1. The van der Waals surface area contributed by atoms with Crippen LogP contribution in [0.3, 0.4) is 0 Å². The molecule has 3 rings (SSSR count). The molecule has 0 aliphatic carbocycles. The van der Waals surface area contributed by atoms with E-state index < -0.39 is 10.6 Å². The number of pyridine rings is 1. The fraction of sp³-hybridized carbons (Fsp3) is 0.0625. The van der Waals surface area contributed by atoms with E-state index in [4.69, 9.17) is 21.1 Å². The van der Waals surface area contributed by atoms with Crippen molar-refractivity contribution in [2.24, 2.45) is 0 Å². The predicted octanol–water partition coefficient (Wildman–Crippen LogP) is 3.98. The summed E-state index contributed by atoms with van der Waals surface area (Å²) < 4.78 is 10.8. The SMILES string of the molecule is COc1ccccc1Oc1ncnc(Nc2ccc(Cl)cn2)c1[N+](=O)[O-]. The largest absolute Gasteiger partial charge is 0.493 e. The maximum Gasteiger partial charge on any atom is 0.373 e. The Morgan fingerprint density at radius 1 is 1.12 bits per heavy atom. The molecule has 26 heavy (non-hydrogen) atoms. The molecule has 10 heteroatoms. The third-order valence-electron chi connectivity index (χ3n) is 3.22. The summed E-state index contributed by atoms with van der Waals surface area (Å²) in [6.45, 7) is 0. The van der Waals surface area contributed by atoms with E-state index in [-0.39, 0.29) is 17.4 Å². The Labute approximate surface area is 152 Å². The number of anilines is 2. The van der Waals surface area contributed by atoms with Gasteiger partial charge in [-0.1, -0.05) is 23.7 Å². The van der Waals surface area contributed by atoms with Crippen LogP contribution in [0.1, 0.15) is 0 Å². The fourth-order valence-corrected chi connectivity index (χ4v) is 2.18. The number of benzene rings is 1. The maximum atomic E-state index is 11.6. The van der Waals surface area contributed by atoms with Crippen LogP contribution < -0.4 is 14.8 Å². The highest BCUT2D eigenvalue weighted by Crippen LogP contribution is 2.38. The number of hydrogen-bond donors (Lipinski definition) is 1. The molecule has 132 valence electrons. The molecule has 2 heterocycles. The zero-order valence-corrected chi connectivity index (χ0v) is 14.2. The van der Waals surface area contributed by atoms with Crippen molar-refractivity contribution >= 4 is 28.9 Å². The number of nitro groups is 1. The summed E-state index contributed by atoms with van der Waals surface area (Å²) in [6.07, 6.45) is 2.55. The second-order valence-corrected chi connectivity index (χ2v) is 5.31. The minimum Gasteiger partial charge on any atom is -0.493 e. The Hall–Kier alpha value is -3.46. The molecule has 0 saturated carbocycles. The van der Waals surface area contributed by atoms with Crippen LogP contribution in [0.5, 0.6) is 17.4 Å². The summed E-state index contributed by atoms with van der Waals surface area (Å²) in [5, 5.41) is 14.8. The first-order valence-electron chi connectivity index (χ1n) is 7.27. The van der Waals surface area contributed by atoms with E-state index in [1.54, 1.807) is 36.4 Å². The summed E-state index contributed by atoms with van der Waals surface area (Å²) in [4.78, 5) is 22.7. The number of ether oxygens (including phenoxy) is 2. The number of methoxy groups -OCH3 is 1. The third-order valence-corrected chi connectivity index (χ3v) is 3.44. The van der Waals surface area contributed by atoms with Crippen LogP contribution in [0.2, 0.25) is 5.02 Å². The van der Waals surface area contributed by atoms with Gasteiger partial charge in [-0.25, -0.2) is 9.97 Å². The summed E-state index contributed by atoms with van der Waals surface area (Å²) >= 11 is 5.78. The van der Waals surface area contributed by atoms with E-state index in [0.717, 1.165) is 6.33 Å². The van der Waals surface area contributed by atoms with E-state index in [1.165, 1.54) is 13.3 Å². The lowest BCUT2D eigenvalue weighted by Gasteiger charge is -2.11. The van der Waals surface area contributed by atoms with Gasteiger partial charge in [-0.3, -0.25) is 10.1 Å². The first kappa shape index (κ1) is 17.4. The highest BCUT2D eigenvalue weighted by atomic mass is 35.5. The normalized spacial score (nSPS) is 10.2. The zero-order valence-electron chi connectivity index (χ0n) is 13.4. The molecule has 1 N–H and O–H groups in total. The molecular formula is C16H12ClN5O4. The van der Waals surface area contributed by atoms with Gasteiger partial charge >= 0.3 is 11.6 Å². The minimum atomic E-state index is -0.636. The van der Waals surface area contributed by atoms with E-state index in [0.29, 0.717) is 16.6 Å². The van der Waals surface area contributed by atoms with Gasteiger partial charge in [-0.15, -0.1) is 0 Å². The molecule has 0 aliphatic rings. The molecule has 9 nitrogen and oxygen atoms in total. The summed E-state index contributed by atoms with van der Waals surface area (Å²) in [5.74, 6) is 0.733. The van der Waals surface area contributed by atoms with Gasteiger partial charge in [0.25, 0.3) is 0 Å². The van der Waals surface area contributed by atoms with Crippen LogP contribution in [-0.2, 0) is 0 Å². The summed E-state index contributed by atoms with van der Waals surface area (Å²) in [5.41, 5.74) is -0.435. The molecule has 1 aromatic carbocycles. The topological polar surface area (TPSA) is 112 Å². The van der Waals surface area contributed by atoms with Gasteiger partial charge in [0.2, 0.25) is 5.82 Å². The third kappa shape index (κ3) is 3.78. The van der Waals surface area contributed by atoms with Gasteiger partial charge in [-0.05, 0) is 24.3 Å². The molecule has 0 unspecified atom stereocenters. The van der Waals surface area contributed by atoms with Crippen molar-refractivity contribution in [3.8, 4) is 17.4 Å². The van der Waals surface area contributed by atoms with Crippen molar-refractivity contribution in [1.29, 1.82) is 0 Å². The molecule has 3 aromatic rings. The number of para-hydroxylation sites is 2. The second kappa shape index (κ2) is 7.62. The van der Waals surface area contributed by atoms with Gasteiger partial charge in [0.05, 0.1) is 17.1 Å². The first-order chi connectivity index (χ1) is 12.6. The Kier molecular flexibility index (Phi) is 5.09. The van der Waals surface area contributed by atoms with E-state index in [2.05, 4.69) is 20.3 Å². The number of rotatable bonds is 6. The molecule has 0 aliphatic heterocycles. The average molecular weight is 374 g/mol. The fourth-order valence-electron chi connectivity index (χ4n) is 2.07. The smallest absolute Gasteiger partial charge is 0.373 e. The van der Waals surface area contributed by atoms with Crippen LogP contribution in [0.25, 0.3) is 0 Å². The zero-order chi connectivity index (χ0) is 18.5. The average Bonchev–Trinajstić information content (AvgIpc) is 2.64. The van der Waals surface area contributed by atoms with Crippen LogP contribution in [0.15, 0.2) is 48.9 Å². The van der Waals surface area contributed by atoms with Crippen molar-refractivity contribution in [3.05, 3.63) is 64.1 Å². The van der Waals surface area contributed by atoms with Crippen LogP contribution in [-0.4, -0.2) is 27.0 Å². The van der Waals surface area contributed by atoms with Crippen molar-refractivity contribution in [2.75, 3.05) is 12.4 Å². The molecule has 0 amide bonds. The van der Waals surface area contributed by atoms with Crippen molar-refractivity contribution < 1.29 is 14.4 Å². The predicted molar refractivity (Wildman–Crippen MR) is 94.3 cm³/mol. The maximum absolute atomic E-state index is 11.6. The van der Waals surface area contributed by atoms with Crippen molar-refractivity contribution in [1.82, 2.24) is 15.0 Å². The highest BCUT2D eigenvalue weighted by Gasteiger charge is 2.26. The number of aromatic nitrogens is 3. The quantitative estimate of drug-likeness (QED) is 0.510. The van der Waals surface area contributed by atoms with E-state index in [9.17, 15) is 10.1 Å². The Morgan fingerprint density at radius 3 is 2.54 bits per heavy atom. The van der Waals surface area contributed by atoms with E-state index in [1.807, 2.05) is 0 Å². The van der Waals surface area contributed by atoms with Crippen LogP contribution in [0.4, 0.5) is 17.3 Å². The van der Waals surface area contributed by atoms with Crippen molar-refractivity contribution in [2.45, 2.75) is 0 Å². The molecule has 0 fully saturated rings. The molecule has 0 atom stereocenters. The lowest BCUT2D eigenvalue weighted by atomic mass is 10.3. The van der Waals surface area contributed by atoms with Crippen LogP contribution in [0, 0.1) is 10.1 Å². The Bertz CT molecular complexity index is 936. The summed E-state index contributed by atoms with van der Waals surface area (Å²) in [6, 6.07) is 9.89. The van der Waals surface area contributed by atoms with Gasteiger partial charge in [0, 0.05) is 6.20 Å². The monoisotopic (exact) mass is 373 g/mol. The molecular weight excluding hydrogens is 362 g/mol. The highest BCUT2D eigenvalue weighted by molar-refractivity contribution is 6.30. The molecule has 0 spiro atoms. The second-order valence-electron chi connectivity index (χ2n) is 4.87. The molecule has 2 aromatic heterocycles. The molecule has 0 saturated heterocycles. The lowest BCUT2D eigenvalue weighted by Crippen LogP contribution is -2.04. The Balaban J connectivity index is 1.98. The van der Waals surface area contributed by atoms with Gasteiger partial charge in [-0.2, -0.15) is 4.98 Å². The summed E-state index contributed by atoms with van der Waals surface area (Å²) in [7, 11) is 1.47. The van der Waals surface area contributed by atoms with Gasteiger partial charge in [0.15, 0.2) is 11.5 Å². The van der Waals surface area contributed by atoms with Gasteiger partial charge in [0.1, 0.15) is 12.1 Å². The van der Waals surface area contributed by atoms with E-state index >= 15 is 0 Å². The Morgan fingerprint density at radius 2 is 1.88 bits per heavy atom. The van der Waals surface area contributed by atoms with Gasteiger partial charge < -0.3 is 14.8 Å². The minimum absolute atomic E-state index is 0.0651. The van der Waals surface area contributed by atoms with Crippen molar-refractivity contribution in [3.63, 3.8) is 0 Å². The number of halogens is 1. The number of nitrogens with zero attached hydrogens (tertiary/aromatic N) is 4. The number of hydrogen-bond acceptors (Lipinski definition) is 8. The lowest BCUT2D eigenvalue weighted by molar-refractivity contribution is -0.385.